The van der Waals surface area contributed by atoms with Gasteiger partial charge >= 0.3 is 0 Å². The lowest BCUT2D eigenvalue weighted by molar-refractivity contribution is 0.628. The smallest absolute Gasteiger partial charge is 0.126 e. The third kappa shape index (κ3) is 2.59. The molecule has 0 aliphatic carbocycles. The van der Waals surface area contributed by atoms with E-state index in [2.05, 4.69) is 15.3 Å². The highest BCUT2D eigenvalue weighted by molar-refractivity contribution is 5.81. The number of nitrogens with zero attached hydrogens (tertiary/aromatic N) is 2. The van der Waals surface area contributed by atoms with Crippen LogP contribution in [0.4, 0.5) is 10.1 Å². The maximum absolute atomic E-state index is 12.9. The molecule has 0 aliphatic heterocycles. The molecule has 0 aliphatic rings. The fourth-order valence-electron chi connectivity index (χ4n) is 2.16. The number of hydrogen-bond donors (Lipinski definition) is 1. The van der Waals surface area contributed by atoms with Crippen LogP contribution in [-0.2, 0) is 6.54 Å². The summed E-state index contributed by atoms with van der Waals surface area (Å²) in [6.07, 6.45) is 0. The van der Waals surface area contributed by atoms with E-state index in [1.807, 2.05) is 31.2 Å². The number of rotatable bonds is 3. The predicted octanol–water partition coefficient (Wildman–Crippen LogP) is 3.69. The van der Waals surface area contributed by atoms with E-state index in [-0.39, 0.29) is 5.82 Å². The minimum atomic E-state index is -0.237. The SMILES string of the molecule is Cc1nc(CNc2ccc(F)cc2)c2ccccc2n1. The van der Waals surface area contributed by atoms with Crippen LogP contribution in [0.2, 0.25) is 0 Å². The lowest BCUT2D eigenvalue weighted by Crippen LogP contribution is -2.04. The van der Waals surface area contributed by atoms with Crippen molar-refractivity contribution in [2.75, 3.05) is 5.32 Å². The molecule has 0 radical (unpaired) electrons. The summed E-state index contributed by atoms with van der Waals surface area (Å²) in [4.78, 5) is 8.90. The summed E-state index contributed by atoms with van der Waals surface area (Å²) in [5, 5.41) is 4.29. The highest BCUT2D eigenvalue weighted by Gasteiger charge is 2.05. The minimum Gasteiger partial charge on any atom is -0.379 e. The Kier molecular flexibility index (Phi) is 3.29. The van der Waals surface area contributed by atoms with Crippen molar-refractivity contribution >= 4 is 16.6 Å². The van der Waals surface area contributed by atoms with Crippen LogP contribution >= 0.6 is 0 Å². The molecular formula is C16H14FN3. The Morgan fingerprint density at radius 1 is 1.00 bits per heavy atom. The molecule has 4 heteroatoms. The zero-order chi connectivity index (χ0) is 13.9. The Labute approximate surface area is 116 Å². The van der Waals surface area contributed by atoms with E-state index in [1.165, 1.54) is 12.1 Å². The minimum absolute atomic E-state index is 0.237. The fraction of sp³-hybridized carbons (Fsp3) is 0.125. The van der Waals surface area contributed by atoms with Crippen molar-refractivity contribution in [1.82, 2.24) is 9.97 Å². The maximum atomic E-state index is 12.9. The summed E-state index contributed by atoms with van der Waals surface area (Å²) in [7, 11) is 0. The fourth-order valence-corrected chi connectivity index (χ4v) is 2.16. The Morgan fingerprint density at radius 2 is 1.75 bits per heavy atom. The standard InChI is InChI=1S/C16H14FN3/c1-11-19-15-5-3-2-4-14(15)16(20-11)10-18-13-8-6-12(17)7-9-13/h2-9,18H,10H2,1H3. The first-order valence-corrected chi connectivity index (χ1v) is 6.44. The van der Waals surface area contributed by atoms with Crippen LogP contribution in [-0.4, -0.2) is 9.97 Å². The molecular weight excluding hydrogens is 253 g/mol. The van der Waals surface area contributed by atoms with Gasteiger partial charge in [0.25, 0.3) is 0 Å². The number of para-hydroxylation sites is 1. The molecule has 1 aromatic heterocycles. The van der Waals surface area contributed by atoms with E-state index < -0.39 is 0 Å². The van der Waals surface area contributed by atoms with Gasteiger partial charge in [-0.15, -0.1) is 0 Å². The van der Waals surface area contributed by atoms with Crippen LogP contribution in [0.1, 0.15) is 11.5 Å². The van der Waals surface area contributed by atoms with Crippen molar-refractivity contribution in [2.24, 2.45) is 0 Å². The van der Waals surface area contributed by atoms with Crippen LogP contribution < -0.4 is 5.32 Å². The summed E-state index contributed by atoms with van der Waals surface area (Å²) in [5.41, 5.74) is 2.75. The Hall–Kier alpha value is -2.49. The van der Waals surface area contributed by atoms with Crippen molar-refractivity contribution in [2.45, 2.75) is 13.5 Å². The molecule has 3 aromatic rings. The van der Waals surface area contributed by atoms with Crippen molar-refractivity contribution < 1.29 is 4.39 Å². The summed E-state index contributed by atoms with van der Waals surface area (Å²) in [5.74, 6) is 0.512. The van der Waals surface area contributed by atoms with E-state index in [4.69, 9.17) is 0 Å². The molecule has 20 heavy (non-hydrogen) atoms. The lowest BCUT2D eigenvalue weighted by Gasteiger charge is -2.09. The van der Waals surface area contributed by atoms with Crippen LogP contribution in [0, 0.1) is 12.7 Å². The third-order valence-electron chi connectivity index (χ3n) is 3.10. The highest BCUT2D eigenvalue weighted by Crippen LogP contribution is 2.17. The largest absolute Gasteiger partial charge is 0.379 e. The first-order chi connectivity index (χ1) is 9.72. The number of anilines is 1. The maximum Gasteiger partial charge on any atom is 0.126 e. The van der Waals surface area contributed by atoms with E-state index in [9.17, 15) is 4.39 Å². The number of nitrogens with one attached hydrogen (secondary N) is 1. The number of benzene rings is 2. The Morgan fingerprint density at radius 3 is 2.55 bits per heavy atom. The zero-order valence-electron chi connectivity index (χ0n) is 11.1. The molecule has 3 rings (SSSR count). The summed E-state index contributed by atoms with van der Waals surface area (Å²) < 4.78 is 12.9. The summed E-state index contributed by atoms with van der Waals surface area (Å²) in [6, 6.07) is 14.2. The second-order valence-corrected chi connectivity index (χ2v) is 4.60. The van der Waals surface area contributed by atoms with Gasteiger partial charge in [0.1, 0.15) is 11.6 Å². The average molecular weight is 267 g/mol. The monoisotopic (exact) mass is 267 g/mol. The van der Waals surface area contributed by atoms with Crippen LogP contribution in [0.3, 0.4) is 0 Å². The first-order valence-electron chi connectivity index (χ1n) is 6.44. The van der Waals surface area contributed by atoms with Crippen LogP contribution in [0.15, 0.2) is 48.5 Å². The molecule has 0 fully saturated rings. The molecule has 0 spiro atoms. The second kappa shape index (κ2) is 5.25. The predicted molar refractivity (Wildman–Crippen MR) is 78.0 cm³/mol. The van der Waals surface area contributed by atoms with E-state index in [1.54, 1.807) is 12.1 Å². The third-order valence-corrected chi connectivity index (χ3v) is 3.10. The number of halogens is 1. The van der Waals surface area contributed by atoms with Gasteiger partial charge in [0.2, 0.25) is 0 Å². The second-order valence-electron chi connectivity index (χ2n) is 4.60. The molecule has 0 saturated carbocycles. The average Bonchev–Trinajstić information content (AvgIpc) is 2.46. The molecule has 0 atom stereocenters. The van der Waals surface area contributed by atoms with Gasteiger partial charge in [-0.25, -0.2) is 14.4 Å². The molecule has 0 bridgehead atoms. The number of fused-ring (bicyclic) bond motifs is 1. The van der Waals surface area contributed by atoms with E-state index in [0.717, 1.165) is 28.1 Å². The topological polar surface area (TPSA) is 37.8 Å². The molecule has 0 saturated heterocycles. The van der Waals surface area contributed by atoms with Crippen molar-refractivity contribution in [3.05, 3.63) is 65.9 Å². The molecule has 0 unspecified atom stereocenters. The normalized spacial score (nSPS) is 10.7. The van der Waals surface area contributed by atoms with Crippen molar-refractivity contribution in [3.8, 4) is 0 Å². The molecule has 1 N–H and O–H groups in total. The van der Waals surface area contributed by atoms with Gasteiger partial charge in [0, 0.05) is 11.1 Å². The molecule has 3 nitrogen and oxygen atoms in total. The zero-order valence-corrected chi connectivity index (χ0v) is 11.1. The molecule has 100 valence electrons. The van der Waals surface area contributed by atoms with Crippen molar-refractivity contribution in [3.63, 3.8) is 0 Å². The summed E-state index contributed by atoms with van der Waals surface area (Å²) in [6.45, 7) is 2.46. The van der Waals surface area contributed by atoms with Crippen LogP contribution in [0.5, 0.6) is 0 Å². The van der Waals surface area contributed by atoms with Gasteiger partial charge in [0.15, 0.2) is 0 Å². The molecule has 2 aromatic carbocycles. The Balaban J connectivity index is 1.88. The first kappa shape index (κ1) is 12.5. The van der Waals surface area contributed by atoms with Crippen LogP contribution in [0.25, 0.3) is 10.9 Å². The lowest BCUT2D eigenvalue weighted by atomic mass is 10.2. The van der Waals surface area contributed by atoms with E-state index >= 15 is 0 Å². The van der Waals surface area contributed by atoms with Crippen molar-refractivity contribution in [1.29, 1.82) is 0 Å². The van der Waals surface area contributed by atoms with Gasteiger partial charge in [-0.3, -0.25) is 0 Å². The van der Waals surface area contributed by atoms with Gasteiger partial charge in [-0.05, 0) is 37.3 Å². The van der Waals surface area contributed by atoms with Gasteiger partial charge < -0.3 is 5.32 Å². The molecule has 1 heterocycles. The summed E-state index contributed by atoms with van der Waals surface area (Å²) >= 11 is 0. The number of aryl methyl sites for hydroxylation is 1. The highest BCUT2D eigenvalue weighted by atomic mass is 19.1. The number of aromatic nitrogens is 2. The van der Waals surface area contributed by atoms with E-state index in [0.29, 0.717) is 6.54 Å². The quantitative estimate of drug-likeness (QED) is 0.786. The molecule has 0 amide bonds. The Bertz CT molecular complexity index is 738. The van der Waals surface area contributed by atoms with Gasteiger partial charge in [-0.2, -0.15) is 0 Å². The number of hydrogen-bond acceptors (Lipinski definition) is 3. The van der Waals surface area contributed by atoms with Gasteiger partial charge in [0.05, 0.1) is 17.8 Å². The van der Waals surface area contributed by atoms with Gasteiger partial charge in [-0.1, -0.05) is 18.2 Å².